The standard InChI is InChI=1S/C36H27N5O3S/c1-3-19-44-30-17-13-24(20-31(30)43-2)14-18-33-37-36-41(38-33)35(42)32(45-36)22-28-23-40(29-11-5-4-6-12-29)39-34(28)27-16-15-25-9-7-8-10-26(25)21-27/h3-18,20-23H,1,19H2,2H3/b18-14+,32-22-. The summed E-state index contributed by atoms with van der Waals surface area (Å²) < 4.78 is 14.8. The van der Waals surface area contributed by atoms with Crippen molar-refractivity contribution in [3.8, 4) is 28.4 Å². The minimum Gasteiger partial charge on any atom is -0.493 e. The molecule has 9 heteroatoms. The summed E-state index contributed by atoms with van der Waals surface area (Å²) in [5.41, 5.74) is 4.14. The van der Waals surface area contributed by atoms with Crippen LogP contribution in [0, 0.1) is 0 Å². The minimum atomic E-state index is -0.232. The second kappa shape index (κ2) is 12.1. The van der Waals surface area contributed by atoms with E-state index in [2.05, 4.69) is 47.0 Å². The molecule has 8 nitrogen and oxygen atoms in total. The summed E-state index contributed by atoms with van der Waals surface area (Å²) in [7, 11) is 1.59. The molecule has 220 valence electrons. The van der Waals surface area contributed by atoms with Gasteiger partial charge in [0.1, 0.15) is 12.3 Å². The zero-order valence-electron chi connectivity index (χ0n) is 24.3. The molecule has 7 aromatic rings. The van der Waals surface area contributed by atoms with Crippen LogP contribution >= 0.6 is 11.3 Å². The first-order valence-corrected chi connectivity index (χ1v) is 15.1. The third-order valence-corrected chi connectivity index (χ3v) is 8.20. The van der Waals surface area contributed by atoms with E-state index in [0.29, 0.717) is 33.4 Å². The van der Waals surface area contributed by atoms with Crippen LogP contribution in [0.25, 0.3) is 50.9 Å². The van der Waals surface area contributed by atoms with Crippen LogP contribution in [0.4, 0.5) is 0 Å². The average Bonchev–Trinajstić information content (AvgIpc) is 3.77. The second-order valence-electron chi connectivity index (χ2n) is 10.2. The Labute approximate surface area is 262 Å². The smallest absolute Gasteiger partial charge is 0.291 e. The predicted molar refractivity (Wildman–Crippen MR) is 180 cm³/mol. The molecule has 4 aromatic carbocycles. The van der Waals surface area contributed by atoms with Gasteiger partial charge in [-0.2, -0.15) is 14.6 Å². The number of thiazole rings is 1. The number of rotatable bonds is 9. The summed E-state index contributed by atoms with van der Waals surface area (Å²) in [6.45, 7) is 4.06. The summed E-state index contributed by atoms with van der Waals surface area (Å²) >= 11 is 1.29. The van der Waals surface area contributed by atoms with Gasteiger partial charge < -0.3 is 9.47 Å². The van der Waals surface area contributed by atoms with Crippen LogP contribution in [0.5, 0.6) is 11.5 Å². The maximum absolute atomic E-state index is 13.5. The Hall–Kier alpha value is -5.80. The Morgan fingerprint density at radius 2 is 1.71 bits per heavy atom. The van der Waals surface area contributed by atoms with Gasteiger partial charge in [-0.25, -0.2) is 4.68 Å². The van der Waals surface area contributed by atoms with Gasteiger partial charge in [0.25, 0.3) is 5.56 Å². The zero-order valence-corrected chi connectivity index (χ0v) is 25.1. The van der Waals surface area contributed by atoms with Gasteiger partial charge in [-0.05, 0) is 58.8 Å². The minimum absolute atomic E-state index is 0.232. The normalized spacial score (nSPS) is 12.0. The van der Waals surface area contributed by atoms with E-state index in [9.17, 15) is 4.79 Å². The van der Waals surface area contributed by atoms with Crippen molar-refractivity contribution in [2.24, 2.45) is 0 Å². The maximum atomic E-state index is 13.5. The largest absolute Gasteiger partial charge is 0.493 e. The van der Waals surface area contributed by atoms with E-state index >= 15 is 0 Å². The molecular weight excluding hydrogens is 582 g/mol. The van der Waals surface area contributed by atoms with Crippen molar-refractivity contribution in [2.45, 2.75) is 0 Å². The number of aromatic nitrogens is 5. The average molecular weight is 610 g/mol. The van der Waals surface area contributed by atoms with Gasteiger partial charge in [-0.15, -0.1) is 5.10 Å². The highest BCUT2D eigenvalue weighted by Crippen LogP contribution is 2.29. The molecule has 3 aromatic heterocycles. The van der Waals surface area contributed by atoms with Crippen LogP contribution in [0.1, 0.15) is 17.0 Å². The van der Waals surface area contributed by atoms with Crippen molar-refractivity contribution in [1.29, 1.82) is 0 Å². The Bertz CT molecular complexity index is 2320. The molecule has 0 bridgehead atoms. The molecule has 0 radical (unpaired) electrons. The Morgan fingerprint density at radius 3 is 2.51 bits per heavy atom. The fourth-order valence-electron chi connectivity index (χ4n) is 5.05. The van der Waals surface area contributed by atoms with Gasteiger partial charge in [0.05, 0.1) is 17.3 Å². The summed E-state index contributed by atoms with van der Waals surface area (Å²) in [6, 6.07) is 30.0. The van der Waals surface area contributed by atoms with Crippen molar-refractivity contribution >= 4 is 45.3 Å². The number of nitrogens with zero attached hydrogens (tertiary/aromatic N) is 5. The number of para-hydroxylation sites is 1. The van der Waals surface area contributed by atoms with Crippen molar-refractivity contribution in [1.82, 2.24) is 24.4 Å². The molecule has 0 saturated carbocycles. The topological polar surface area (TPSA) is 83.5 Å². The molecule has 0 fully saturated rings. The third kappa shape index (κ3) is 5.64. The summed E-state index contributed by atoms with van der Waals surface area (Å²) in [4.78, 5) is 18.6. The molecule has 0 aliphatic rings. The summed E-state index contributed by atoms with van der Waals surface area (Å²) in [5.74, 6) is 1.68. The molecule has 45 heavy (non-hydrogen) atoms. The zero-order chi connectivity index (χ0) is 30.8. The van der Waals surface area contributed by atoms with Gasteiger partial charge >= 0.3 is 0 Å². The molecule has 0 unspecified atom stereocenters. The van der Waals surface area contributed by atoms with Crippen molar-refractivity contribution < 1.29 is 9.47 Å². The molecule has 7 rings (SSSR count). The van der Waals surface area contributed by atoms with E-state index < -0.39 is 0 Å². The molecule has 0 aliphatic carbocycles. The molecule has 0 aliphatic heterocycles. The fraction of sp³-hybridized carbons (Fsp3) is 0.0556. The Morgan fingerprint density at radius 1 is 0.889 bits per heavy atom. The van der Waals surface area contributed by atoms with Crippen LogP contribution in [-0.4, -0.2) is 38.1 Å². The lowest BCUT2D eigenvalue weighted by Gasteiger charge is -2.09. The van der Waals surface area contributed by atoms with Crippen molar-refractivity contribution in [3.05, 3.63) is 142 Å². The van der Waals surface area contributed by atoms with Crippen LogP contribution in [0.2, 0.25) is 0 Å². The SMILES string of the molecule is C=CCOc1ccc(/C=C/c2nc3s/c(=C\c4cn(-c5ccccc5)nc4-c4ccc5ccccc5c4)c(=O)n3n2)cc1OC. The number of fused-ring (bicyclic) bond motifs is 2. The van der Waals surface area contributed by atoms with E-state index in [1.54, 1.807) is 19.3 Å². The van der Waals surface area contributed by atoms with Gasteiger partial charge in [-0.3, -0.25) is 4.79 Å². The van der Waals surface area contributed by atoms with Gasteiger partial charge in [0.2, 0.25) is 4.96 Å². The van der Waals surface area contributed by atoms with Crippen LogP contribution < -0.4 is 19.6 Å². The van der Waals surface area contributed by atoms with E-state index in [-0.39, 0.29) is 5.56 Å². The van der Waals surface area contributed by atoms with Crippen LogP contribution in [0.15, 0.2) is 115 Å². The highest BCUT2D eigenvalue weighted by atomic mass is 32.1. The van der Waals surface area contributed by atoms with E-state index in [1.807, 2.05) is 83.7 Å². The molecule has 3 heterocycles. The van der Waals surface area contributed by atoms with Gasteiger partial charge in [0, 0.05) is 17.3 Å². The number of ether oxygens (including phenoxy) is 2. The Balaban J connectivity index is 1.24. The number of hydrogen-bond acceptors (Lipinski definition) is 7. The number of methoxy groups -OCH3 is 1. The first kappa shape index (κ1) is 28.0. The molecule has 0 spiro atoms. The monoisotopic (exact) mass is 609 g/mol. The number of hydrogen-bond donors (Lipinski definition) is 0. The van der Waals surface area contributed by atoms with Crippen molar-refractivity contribution in [2.75, 3.05) is 13.7 Å². The van der Waals surface area contributed by atoms with Crippen LogP contribution in [0.3, 0.4) is 0 Å². The van der Waals surface area contributed by atoms with E-state index in [4.69, 9.17) is 14.6 Å². The molecule has 0 saturated heterocycles. The fourth-order valence-corrected chi connectivity index (χ4v) is 5.96. The Kier molecular flexibility index (Phi) is 7.51. The maximum Gasteiger partial charge on any atom is 0.291 e. The molecule has 0 atom stereocenters. The van der Waals surface area contributed by atoms with Gasteiger partial charge in [0.15, 0.2) is 17.3 Å². The number of benzene rings is 4. The first-order chi connectivity index (χ1) is 22.1. The summed E-state index contributed by atoms with van der Waals surface area (Å²) in [6.07, 6.45) is 9.13. The second-order valence-corrected chi connectivity index (χ2v) is 11.2. The van der Waals surface area contributed by atoms with Gasteiger partial charge in [-0.1, -0.05) is 90.7 Å². The quantitative estimate of drug-likeness (QED) is 0.175. The summed E-state index contributed by atoms with van der Waals surface area (Å²) in [5, 5.41) is 11.7. The lowest BCUT2D eigenvalue weighted by atomic mass is 10.0. The third-order valence-electron chi connectivity index (χ3n) is 7.24. The predicted octanol–water partition coefficient (Wildman–Crippen LogP) is 6.45. The van der Waals surface area contributed by atoms with Crippen LogP contribution in [-0.2, 0) is 0 Å². The lowest BCUT2D eigenvalue weighted by Crippen LogP contribution is -2.23. The van der Waals surface area contributed by atoms with E-state index in [0.717, 1.165) is 38.8 Å². The highest BCUT2D eigenvalue weighted by molar-refractivity contribution is 7.15. The lowest BCUT2D eigenvalue weighted by molar-refractivity contribution is 0.326. The van der Waals surface area contributed by atoms with Crippen molar-refractivity contribution in [3.63, 3.8) is 0 Å². The first-order valence-electron chi connectivity index (χ1n) is 14.2. The molecule has 0 N–H and O–H groups in total. The molecular formula is C36H27N5O3S. The highest BCUT2D eigenvalue weighted by Gasteiger charge is 2.14. The van der Waals surface area contributed by atoms with E-state index in [1.165, 1.54) is 15.9 Å². The molecule has 0 amide bonds.